The van der Waals surface area contributed by atoms with Crippen LogP contribution in [-0.4, -0.2) is 30.1 Å². The van der Waals surface area contributed by atoms with E-state index in [4.69, 9.17) is 5.26 Å². The molecule has 0 aliphatic rings. The first-order chi connectivity index (χ1) is 10.4. The van der Waals surface area contributed by atoms with Crippen LogP contribution in [0.5, 0.6) is 0 Å². The van der Waals surface area contributed by atoms with Gasteiger partial charge in [-0.2, -0.15) is 17.0 Å². The zero-order valence-electron chi connectivity index (χ0n) is 13.9. The lowest BCUT2D eigenvalue weighted by molar-refractivity contribution is 0.609. The van der Waals surface area contributed by atoms with Crippen molar-refractivity contribution >= 4 is 41.7 Å². The third-order valence-electron chi connectivity index (χ3n) is 3.17. The van der Waals surface area contributed by atoms with Crippen LogP contribution < -0.4 is 10.6 Å². The largest absolute Gasteiger partial charge is 0.357 e. The van der Waals surface area contributed by atoms with E-state index in [1.807, 2.05) is 13.0 Å². The molecule has 4 nitrogen and oxygen atoms in total. The average molecular weight is 450 g/mol. The first-order valence-electron chi connectivity index (χ1n) is 7.17. The van der Waals surface area contributed by atoms with E-state index >= 15 is 0 Å². The summed E-state index contributed by atoms with van der Waals surface area (Å²) in [7, 11) is 0. The van der Waals surface area contributed by atoms with Gasteiger partial charge in [-0.25, -0.2) is 9.38 Å². The number of nitriles is 1. The van der Waals surface area contributed by atoms with Gasteiger partial charge in [-0.15, -0.1) is 24.0 Å². The molecule has 0 atom stereocenters. The van der Waals surface area contributed by atoms with Crippen LogP contribution in [0.25, 0.3) is 0 Å². The van der Waals surface area contributed by atoms with Gasteiger partial charge in [0.2, 0.25) is 0 Å². The Labute approximate surface area is 159 Å². The van der Waals surface area contributed by atoms with Crippen molar-refractivity contribution in [1.29, 1.82) is 5.26 Å². The highest BCUT2D eigenvalue weighted by Gasteiger charge is 2.16. The first-order valence-corrected chi connectivity index (χ1v) is 8.40. The van der Waals surface area contributed by atoms with Gasteiger partial charge < -0.3 is 10.6 Å². The van der Waals surface area contributed by atoms with Gasteiger partial charge in [0, 0.05) is 23.4 Å². The summed E-state index contributed by atoms with van der Waals surface area (Å²) in [6.07, 6.45) is 2.07. The molecule has 23 heavy (non-hydrogen) atoms. The maximum atomic E-state index is 13.8. The van der Waals surface area contributed by atoms with E-state index in [0.29, 0.717) is 17.1 Å². The average Bonchev–Trinajstić information content (AvgIpc) is 2.51. The van der Waals surface area contributed by atoms with Gasteiger partial charge in [-0.05, 0) is 39.2 Å². The summed E-state index contributed by atoms with van der Waals surface area (Å²) in [5.74, 6) is 0.261. The number of halogens is 2. The van der Waals surface area contributed by atoms with Crippen molar-refractivity contribution in [1.82, 2.24) is 10.6 Å². The van der Waals surface area contributed by atoms with E-state index in [1.54, 1.807) is 23.9 Å². The van der Waals surface area contributed by atoms with Crippen molar-refractivity contribution in [3.8, 4) is 6.07 Å². The van der Waals surface area contributed by atoms with Gasteiger partial charge in [0.05, 0.1) is 18.2 Å². The third-order valence-corrected chi connectivity index (χ3v) is 4.42. The minimum absolute atomic E-state index is 0. The summed E-state index contributed by atoms with van der Waals surface area (Å²) >= 11 is 1.77. The highest BCUT2D eigenvalue weighted by molar-refractivity contribution is 14.0. The Balaban J connectivity index is 0.00000484. The molecule has 0 saturated heterocycles. The summed E-state index contributed by atoms with van der Waals surface area (Å²) in [4.78, 5) is 4.40. The van der Waals surface area contributed by atoms with Crippen molar-refractivity contribution in [2.75, 3.05) is 19.3 Å². The third kappa shape index (κ3) is 7.88. The normalized spacial score (nSPS) is 11.4. The van der Waals surface area contributed by atoms with E-state index < -0.39 is 5.82 Å². The maximum absolute atomic E-state index is 13.8. The highest BCUT2D eigenvalue weighted by atomic mass is 127. The Kier molecular flexibility index (Phi) is 10.2. The molecule has 0 heterocycles. The Hall–Kier alpha value is -1.01. The number of nitrogens with zero attached hydrogens (tertiary/aromatic N) is 2. The second-order valence-electron chi connectivity index (χ2n) is 5.43. The minimum atomic E-state index is -0.400. The molecule has 0 unspecified atom stereocenters. The summed E-state index contributed by atoms with van der Waals surface area (Å²) in [5.41, 5.74) is 0.789. The van der Waals surface area contributed by atoms with Crippen LogP contribution in [0.2, 0.25) is 0 Å². The lowest BCUT2D eigenvalue weighted by Gasteiger charge is -2.23. The second-order valence-corrected chi connectivity index (χ2v) is 6.94. The second kappa shape index (κ2) is 10.7. The molecule has 0 spiro atoms. The molecule has 0 radical (unpaired) electrons. The highest BCUT2D eigenvalue weighted by Crippen LogP contribution is 2.19. The van der Waals surface area contributed by atoms with Crippen molar-refractivity contribution < 1.29 is 4.39 Å². The summed E-state index contributed by atoms with van der Waals surface area (Å²) < 4.78 is 13.9. The molecule has 0 saturated carbocycles. The van der Waals surface area contributed by atoms with Gasteiger partial charge in [-0.1, -0.05) is 6.07 Å². The molecule has 0 bridgehead atoms. The summed E-state index contributed by atoms with van der Waals surface area (Å²) in [5, 5.41) is 15.2. The van der Waals surface area contributed by atoms with Crippen LogP contribution in [0.3, 0.4) is 0 Å². The van der Waals surface area contributed by atoms with Crippen molar-refractivity contribution in [3.05, 3.63) is 35.1 Å². The number of thioether (sulfide) groups is 1. The zero-order valence-corrected chi connectivity index (χ0v) is 17.1. The van der Waals surface area contributed by atoms with Crippen molar-refractivity contribution in [2.45, 2.75) is 32.1 Å². The SMILES string of the molecule is CCNC(=NCc1ccc(C#N)cc1F)NCC(C)(C)SC.I. The number of nitrogens with one attached hydrogen (secondary N) is 2. The van der Waals surface area contributed by atoms with Gasteiger partial charge in [0.25, 0.3) is 0 Å². The molecule has 0 aliphatic carbocycles. The fourth-order valence-electron chi connectivity index (χ4n) is 1.62. The molecule has 1 rings (SSSR count). The zero-order chi connectivity index (χ0) is 16.6. The smallest absolute Gasteiger partial charge is 0.191 e. The Morgan fingerprint density at radius 2 is 2.09 bits per heavy atom. The molecule has 0 amide bonds. The number of hydrogen-bond acceptors (Lipinski definition) is 3. The molecule has 0 aliphatic heterocycles. The lowest BCUT2D eigenvalue weighted by Crippen LogP contribution is -2.43. The van der Waals surface area contributed by atoms with E-state index in [9.17, 15) is 4.39 Å². The van der Waals surface area contributed by atoms with Crippen LogP contribution in [0.1, 0.15) is 31.9 Å². The van der Waals surface area contributed by atoms with Crippen molar-refractivity contribution in [3.63, 3.8) is 0 Å². The van der Waals surface area contributed by atoms with Gasteiger partial charge in [0.15, 0.2) is 5.96 Å². The number of guanidine groups is 1. The minimum Gasteiger partial charge on any atom is -0.357 e. The van der Waals surface area contributed by atoms with E-state index in [-0.39, 0.29) is 35.3 Å². The first kappa shape index (κ1) is 22.0. The van der Waals surface area contributed by atoms with E-state index in [1.165, 1.54) is 6.07 Å². The molecular formula is C16H24FIN4S. The van der Waals surface area contributed by atoms with Crippen LogP contribution in [0.4, 0.5) is 4.39 Å². The summed E-state index contributed by atoms with van der Waals surface area (Å²) in [6.45, 7) is 8.01. The maximum Gasteiger partial charge on any atom is 0.191 e. The monoisotopic (exact) mass is 450 g/mol. The van der Waals surface area contributed by atoms with Gasteiger partial charge >= 0.3 is 0 Å². The molecule has 1 aromatic rings. The number of aliphatic imine (C=N–C) groups is 1. The van der Waals surface area contributed by atoms with E-state index in [2.05, 4.69) is 35.7 Å². The molecule has 2 N–H and O–H groups in total. The van der Waals surface area contributed by atoms with Gasteiger partial charge in [0.1, 0.15) is 5.82 Å². The molecular weight excluding hydrogens is 426 g/mol. The van der Waals surface area contributed by atoms with Crippen LogP contribution >= 0.6 is 35.7 Å². The fraction of sp³-hybridized carbons (Fsp3) is 0.500. The molecule has 7 heteroatoms. The summed E-state index contributed by atoms with van der Waals surface area (Å²) in [6, 6.07) is 6.37. The Morgan fingerprint density at radius 3 is 2.61 bits per heavy atom. The van der Waals surface area contributed by atoms with Crippen molar-refractivity contribution in [2.24, 2.45) is 4.99 Å². The predicted molar refractivity (Wildman–Crippen MR) is 107 cm³/mol. The van der Waals surface area contributed by atoms with Crippen LogP contribution in [0.15, 0.2) is 23.2 Å². The number of benzene rings is 1. The number of hydrogen-bond donors (Lipinski definition) is 2. The fourth-order valence-corrected chi connectivity index (χ4v) is 1.84. The van der Waals surface area contributed by atoms with Crippen LogP contribution in [0, 0.1) is 17.1 Å². The standard InChI is InChI=1S/C16H23FN4S.HI/c1-5-19-15(21-11-16(2,3)22-4)20-10-13-7-6-12(9-18)8-14(13)17;/h6-8H,5,10-11H2,1-4H3,(H2,19,20,21);1H. The molecule has 0 fully saturated rings. The Bertz CT molecular complexity index is 570. The lowest BCUT2D eigenvalue weighted by atomic mass is 10.1. The van der Waals surface area contributed by atoms with E-state index in [0.717, 1.165) is 13.1 Å². The quantitative estimate of drug-likeness (QED) is 0.396. The predicted octanol–water partition coefficient (Wildman–Crippen LogP) is 3.51. The molecule has 0 aromatic heterocycles. The molecule has 128 valence electrons. The topological polar surface area (TPSA) is 60.2 Å². The van der Waals surface area contributed by atoms with Crippen LogP contribution in [-0.2, 0) is 6.54 Å². The van der Waals surface area contributed by atoms with Gasteiger partial charge in [-0.3, -0.25) is 0 Å². The Morgan fingerprint density at radius 1 is 1.39 bits per heavy atom. The number of rotatable bonds is 6. The molecule has 1 aromatic carbocycles.